The molecule has 4 rings (SSSR count). The summed E-state index contributed by atoms with van der Waals surface area (Å²) < 4.78 is 11.5. The predicted molar refractivity (Wildman–Crippen MR) is 133 cm³/mol. The fourth-order valence-corrected chi connectivity index (χ4v) is 5.16. The third-order valence-electron chi connectivity index (χ3n) is 7.09. The van der Waals surface area contributed by atoms with Crippen LogP contribution < -0.4 is 10.1 Å². The molecule has 2 aromatic carbocycles. The maximum absolute atomic E-state index is 13.5. The highest BCUT2D eigenvalue weighted by Gasteiger charge is 2.41. The van der Waals surface area contributed by atoms with Gasteiger partial charge in [-0.2, -0.15) is 0 Å². The highest BCUT2D eigenvalue weighted by Crippen LogP contribution is 2.36. The molecular weight excluding hydrogens is 412 g/mol. The van der Waals surface area contributed by atoms with Crippen molar-refractivity contribution < 1.29 is 14.3 Å². The van der Waals surface area contributed by atoms with E-state index in [1.807, 2.05) is 30.3 Å². The molecule has 2 fully saturated rings. The number of nitrogens with one attached hydrogen (secondary N) is 1. The molecule has 1 amide bonds. The van der Waals surface area contributed by atoms with Crippen LogP contribution in [0.2, 0.25) is 0 Å². The summed E-state index contributed by atoms with van der Waals surface area (Å²) in [5, 5.41) is 3.16. The van der Waals surface area contributed by atoms with Gasteiger partial charge in [0, 0.05) is 32.0 Å². The van der Waals surface area contributed by atoms with Gasteiger partial charge in [-0.05, 0) is 81.3 Å². The first kappa shape index (κ1) is 23.8. The van der Waals surface area contributed by atoms with Crippen molar-refractivity contribution in [1.29, 1.82) is 0 Å². The zero-order valence-electron chi connectivity index (χ0n) is 20.1. The number of nitrogens with zero attached hydrogens (tertiary/aromatic N) is 1. The topological polar surface area (TPSA) is 50.8 Å². The minimum atomic E-state index is -0.550. The van der Waals surface area contributed by atoms with Crippen LogP contribution in [0.4, 0.5) is 5.69 Å². The molecule has 0 radical (unpaired) electrons. The summed E-state index contributed by atoms with van der Waals surface area (Å²) in [4.78, 5) is 16.0. The number of hydrogen-bond acceptors (Lipinski definition) is 4. The van der Waals surface area contributed by atoms with Crippen molar-refractivity contribution in [3.63, 3.8) is 0 Å². The second-order valence-corrected chi connectivity index (χ2v) is 9.79. The molecule has 0 aliphatic carbocycles. The second-order valence-electron chi connectivity index (χ2n) is 9.79. The summed E-state index contributed by atoms with van der Waals surface area (Å²) in [6, 6.07) is 16.1. The Morgan fingerprint density at radius 2 is 1.97 bits per heavy atom. The highest BCUT2D eigenvalue weighted by molar-refractivity contribution is 5.99. The Balaban J connectivity index is 1.31. The highest BCUT2D eigenvalue weighted by atomic mass is 16.5. The molecule has 2 aliphatic rings. The quantitative estimate of drug-likeness (QED) is 0.563. The number of carbonyl (C=O) groups is 1. The van der Waals surface area contributed by atoms with E-state index in [2.05, 4.69) is 42.3 Å². The van der Waals surface area contributed by atoms with E-state index in [0.29, 0.717) is 32.7 Å². The molecule has 0 saturated carbocycles. The van der Waals surface area contributed by atoms with E-state index in [-0.39, 0.29) is 5.91 Å². The van der Waals surface area contributed by atoms with Crippen molar-refractivity contribution in [2.24, 2.45) is 5.92 Å². The fraction of sp³-hybridized carbons (Fsp3) is 0.536. The number of benzene rings is 2. The average molecular weight is 451 g/mol. The summed E-state index contributed by atoms with van der Waals surface area (Å²) in [6.07, 6.45) is 5.09. The van der Waals surface area contributed by atoms with Crippen LogP contribution in [0.15, 0.2) is 48.5 Å². The molecule has 0 spiro atoms. The predicted octanol–water partition coefficient (Wildman–Crippen LogP) is 5.18. The van der Waals surface area contributed by atoms with E-state index in [1.165, 1.54) is 31.5 Å². The molecule has 2 saturated heterocycles. The molecule has 2 aliphatic heterocycles. The number of amides is 1. The average Bonchev–Trinajstić information content (AvgIpc) is 2.83. The van der Waals surface area contributed by atoms with Crippen molar-refractivity contribution in [2.45, 2.75) is 51.4 Å². The number of hydrogen-bond donors (Lipinski definition) is 1. The van der Waals surface area contributed by atoms with Crippen LogP contribution in [0, 0.1) is 12.8 Å². The SMILES string of the molecule is Cc1cccc(C2(C(=O)Nc3ccc(OCCCN4CCCC(C)C4)cc3)CCOCC2)c1. The molecule has 33 heavy (non-hydrogen) atoms. The van der Waals surface area contributed by atoms with Gasteiger partial charge in [0.15, 0.2) is 0 Å². The minimum absolute atomic E-state index is 0.0424. The molecule has 1 N–H and O–H groups in total. The Bertz CT molecular complexity index is 906. The van der Waals surface area contributed by atoms with E-state index in [9.17, 15) is 4.79 Å². The third-order valence-corrected chi connectivity index (χ3v) is 7.09. The minimum Gasteiger partial charge on any atom is -0.494 e. The smallest absolute Gasteiger partial charge is 0.235 e. The lowest BCUT2D eigenvalue weighted by atomic mass is 9.73. The lowest BCUT2D eigenvalue weighted by Gasteiger charge is -2.36. The molecule has 5 nitrogen and oxygen atoms in total. The zero-order valence-corrected chi connectivity index (χ0v) is 20.1. The van der Waals surface area contributed by atoms with Crippen LogP contribution in [-0.4, -0.2) is 50.3 Å². The second kappa shape index (κ2) is 11.2. The number of carbonyl (C=O) groups excluding carboxylic acids is 1. The number of rotatable bonds is 8. The Morgan fingerprint density at radius 1 is 1.18 bits per heavy atom. The summed E-state index contributed by atoms with van der Waals surface area (Å²) >= 11 is 0. The van der Waals surface area contributed by atoms with Gasteiger partial charge in [0.05, 0.1) is 12.0 Å². The monoisotopic (exact) mass is 450 g/mol. The number of piperidine rings is 1. The first-order valence-electron chi connectivity index (χ1n) is 12.5. The van der Waals surface area contributed by atoms with Crippen LogP contribution in [0.1, 0.15) is 50.2 Å². The molecule has 2 aromatic rings. The first-order chi connectivity index (χ1) is 16.0. The number of anilines is 1. The molecule has 0 aromatic heterocycles. The van der Waals surface area contributed by atoms with Crippen LogP contribution in [0.5, 0.6) is 5.75 Å². The molecule has 178 valence electrons. The molecular formula is C28H38N2O3. The zero-order chi connectivity index (χ0) is 23.1. The van der Waals surface area contributed by atoms with Gasteiger partial charge in [-0.3, -0.25) is 4.79 Å². The maximum atomic E-state index is 13.5. The maximum Gasteiger partial charge on any atom is 0.235 e. The fourth-order valence-electron chi connectivity index (χ4n) is 5.16. The largest absolute Gasteiger partial charge is 0.494 e. The molecule has 1 unspecified atom stereocenters. The summed E-state index contributed by atoms with van der Waals surface area (Å²) in [5.74, 6) is 1.70. The van der Waals surface area contributed by atoms with Gasteiger partial charge in [-0.15, -0.1) is 0 Å². The van der Waals surface area contributed by atoms with Gasteiger partial charge in [0.1, 0.15) is 5.75 Å². The van der Waals surface area contributed by atoms with Gasteiger partial charge in [0.2, 0.25) is 5.91 Å². The lowest BCUT2D eigenvalue weighted by Crippen LogP contribution is -2.44. The van der Waals surface area contributed by atoms with Crippen molar-refractivity contribution in [3.05, 3.63) is 59.7 Å². The van der Waals surface area contributed by atoms with Crippen LogP contribution in [0.3, 0.4) is 0 Å². The van der Waals surface area contributed by atoms with Gasteiger partial charge >= 0.3 is 0 Å². The number of likely N-dealkylation sites (tertiary alicyclic amines) is 1. The van der Waals surface area contributed by atoms with Gasteiger partial charge in [0.25, 0.3) is 0 Å². The van der Waals surface area contributed by atoms with Crippen molar-refractivity contribution in [2.75, 3.05) is 44.8 Å². The number of aryl methyl sites for hydroxylation is 1. The molecule has 2 heterocycles. The van der Waals surface area contributed by atoms with Gasteiger partial charge < -0.3 is 19.7 Å². The summed E-state index contributed by atoms with van der Waals surface area (Å²) in [6.45, 7) is 9.86. The first-order valence-corrected chi connectivity index (χ1v) is 12.5. The van der Waals surface area contributed by atoms with Crippen LogP contribution in [0.25, 0.3) is 0 Å². The van der Waals surface area contributed by atoms with E-state index in [4.69, 9.17) is 9.47 Å². The Morgan fingerprint density at radius 3 is 2.70 bits per heavy atom. The van der Waals surface area contributed by atoms with E-state index in [1.54, 1.807) is 0 Å². The van der Waals surface area contributed by atoms with Gasteiger partial charge in [-0.25, -0.2) is 0 Å². The third kappa shape index (κ3) is 6.15. The summed E-state index contributed by atoms with van der Waals surface area (Å²) in [7, 11) is 0. The van der Waals surface area contributed by atoms with Crippen molar-refractivity contribution in [3.8, 4) is 5.75 Å². The van der Waals surface area contributed by atoms with Gasteiger partial charge in [-0.1, -0.05) is 36.8 Å². The molecule has 5 heteroatoms. The van der Waals surface area contributed by atoms with Crippen molar-refractivity contribution in [1.82, 2.24) is 4.90 Å². The molecule has 0 bridgehead atoms. The Hall–Kier alpha value is -2.37. The van der Waals surface area contributed by atoms with Crippen LogP contribution in [-0.2, 0) is 14.9 Å². The van der Waals surface area contributed by atoms with E-state index in [0.717, 1.165) is 35.9 Å². The number of ether oxygens (including phenoxy) is 2. The van der Waals surface area contributed by atoms with E-state index >= 15 is 0 Å². The molecule has 1 atom stereocenters. The van der Waals surface area contributed by atoms with Crippen LogP contribution >= 0.6 is 0 Å². The lowest BCUT2D eigenvalue weighted by molar-refractivity contribution is -0.125. The standard InChI is InChI=1S/C28H38N2O3/c1-22-6-3-8-24(20-22)28(13-18-32-19-14-28)27(31)29-25-9-11-26(12-10-25)33-17-5-16-30-15-4-7-23(2)21-30/h3,6,8-12,20,23H,4-5,7,13-19,21H2,1-2H3,(H,29,31). The Kier molecular flexibility index (Phi) is 8.05. The summed E-state index contributed by atoms with van der Waals surface area (Å²) in [5.41, 5.74) is 2.49. The Labute approximate surface area is 198 Å². The van der Waals surface area contributed by atoms with E-state index < -0.39 is 5.41 Å². The van der Waals surface area contributed by atoms with Crippen molar-refractivity contribution >= 4 is 11.6 Å². The normalized spacial score (nSPS) is 20.8.